The fraction of sp³-hybridized carbons (Fsp3) is 0.421. The number of benzene rings is 1. The van der Waals surface area contributed by atoms with Crippen LogP contribution in [0.5, 0.6) is 11.5 Å². The molecule has 8 heteroatoms. The number of amides is 2. The molecule has 0 aliphatic carbocycles. The van der Waals surface area contributed by atoms with Crippen molar-refractivity contribution in [3.63, 3.8) is 0 Å². The molecular formula is C19H23N3O4S. The molecule has 0 spiro atoms. The highest BCUT2D eigenvalue weighted by Gasteiger charge is 2.27. The predicted molar refractivity (Wildman–Crippen MR) is 105 cm³/mol. The van der Waals surface area contributed by atoms with Gasteiger partial charge in [0.2, 0.25) is 11.8 Å². The van der Waals surface area contributed by atoms with Gasteiger partial charge in [-0.25, -0.2) is 4.98 Å². The van der Waals surface area contributed by atoms with E-state index in [1.165, 1.54) is 11.3 Å². The van der Waals surface area contributed by atoms with E-state index in [-0.39, 0.29) is 24.2 Å². The molecule has 144 valence electrons. The van der Waals surface area contributed by atoms with E-state index in [1.807, 2.05) is 26.0 Å². The first-order valence-corrected chi connectivity index (χ1v) is 9.61. The first-order valence-electron chi connectivity index (χ1n) is 8.73. The second kappa shape index (κ2) is 7.96. The zero-order valence-corrected chi connectivity index (χ0v) is 16.7. The molecule has 0 unspecified atom stereocenters. The zero-order chi connectivity index (χ0) is 19.6. The molecule has 3 rings (SSSR count). The van der Waals surface area contributed by atoms with E-state index < -0.39 is 0 Å². The third-order valence-electron chi connectivity index (χ3n) is 4.42. The maximum atomic E-state index is 12.8. The average molecular weight is 389 g/mol. The smallest absolute Gasteiger partial charge is 0.233 e. The Labute approximate surface area is 162 Å². The van der Waals surface area contributed by atoms with Gasteiger partial charge >= 0.3 is 0 Å². The van der Waals surface area contributed by atoms with E-state index in [2.05, 4.69) is 10.3 Å². The lowest BCUT2D eigenvalue weighted by Crippen LogP contribution is -2.30. The molecule has 1 aromatic heterocycles. The summed E-state index contributed by atoms with van der Waals surface area (Å²) in [5.74, 6) is 1.02. The number of rotatable bonds is 6. The van der Waals surface area contributed by atoms with Crippen LogP contribution in [0.3, 0.4) is 0 Å². The lowest BCUT2D eigenvalue weighted by Gasteiger charge is -2.18. The Morgan fingerprint density at radius 3 is 2.63 bits per heavy atom. The molecule has 7 nitrogen and oxygen atoms in total. The first kappa shape index (κ1) is 19.2. The summed E-state index contributed by atoms with van der Waals surface area (Å²) in [7, 11) is 3.17. The molecule has 2 heterocycles. The Hall–Kier alpha value is -2.61. The maximum Gasteiger partial charge on any atom is 0.233 e. The number of ether oxygens (including phenoxy) is 2. The molecule has 1 aliphatic heterocycles. The van der Waals surface area contributed by atoms with Crippen molar-refractivity contribution in [1.82, 2.24) is 4.98 Å². The lowest BCUT2D eigenvalue weighted by atomic mass is 10.1. The van der Waals surface area contributed by atoms with Crippen molar-refractivity contribution in [3.05, 3.63) is 28.8 Å². The summed E-state index contributed by atoms with van der Waals surface area (Å²) in [6.07, 6.45) is 0.954. The third-order valence-corrected chi connectivity index (χ3v) is 5.23. The van der Waals surface area contributed by atoms with Crippen LogP contribution in [-0.2, 0) is 22.4 Å². The van der Waals surface area contributed by atoms with Gasteiger partial charge in [0, 0.05) is 23.9 Å². The molecule has 2 amide bonds. The molecule has 0 fully saturated rings. The van der Waals surface area contributed by atoms with Gasteiger partial charge in [0.05, 0.1) is 32.0 Å². The fourth-order valence-corrected chi connectivity index (χ4v) is 3.63. The van der Waals surface area contributed by atoms with Crippen LogP contribution in [0.25, 0.3) is 0 Å². The molecule has 1 aromatic carbocycles. The summed E-state index contributed by atoms with van der Waals surface area (Å²) >= 11 is 1.33. The van der Waals surface area contributed by atoms with Crippen LogP contribution in [-0.4, -0.2) is 37.6 Å². The molecule has 1 aliphatic rings. The number of methoxy groups -OCH3 is 2. The Kier molecular flexibility index (Phi) is 5.65. The Balaban J connectivity index is 1.72. The number of fused-ring (bicyclic) bond motifs is 1. The average Bonchev–Trinajstić information content (AvgIpc) is 3.26. The number of nitrogens with zero attached hydrogens (tertiary/aromatic N) is 2. The second-order valence-corrected chi connectivity index (χ2v) is 7.45. The summed E-state index contributed by atoms with van der Waals surface area (Å²) < 4.78 is 10.7. The molecule has 1 N–H and O–H groups in total. The largest absolute Gasteiger partial charge is 0.493 e. The molecule has 0 bridgehead atoms. The van der Waals surface area contributed by atoms with Crippen molar-refractivity contribution < 1.29 is 19.1 Å². The van der Waals surface area contributed by atoms with Crippen molar-refractivity contribution in [3.8, 4) is 11.5 Å². The van der Waals surface area contributed by atoms with Crippen LogP contribution >= 0.6 is 11.3 Å². The number of hydrogen-bond donors (Lipinski definition) is 1. The number of nitrogens with one attached hydrogen (secondary N) is 1. The van der Waals surface area contributed by atoms with Crippen LogP contribution in [0.2, 0.25) is 0 Å². The van der Waals surface area contributed by atoms with Crippen LogP contribution in [0.1, 0.15) is 25.1 Å². The Bertz CT molecular complexity index is 863. The monoisotopic (exact) mass is 389 g/mol. The van der Waals surface area contributed by atoms with Crippen molar-refractivity contribution >= 4 is 34.0 Å². The van der Waals surface area contributed by atoms with Crippen LogP contribution in [0.4, 0.5) is 10.8 Å². The minimum atomic E-state index is -0.118. The second-order valence-electron chi connectivity index (χ2n) is 6.60. The van der Waals surface area contributed by atoms with Crippen LogP contribution in [0.15, 0.2) is 17.5 Å². The van der Waals surface area contributed by atoms with E-state index in [1.54, 1.807) is 24.5 Å². The van der Waals surface area contributed by atoms with Gasteiger partial charge in [-0.15, -0.1) is 11.3 Å². The van der Waals surface area contributed by atoms with Gasteiger partial charge < -0.3 is 19.7 Å². The highest BCUT2D eigenvalue weighted by Crippen LogP contribution is 2.38. The number of aromatic nitrogens is 1. The summed E-state index contributed by atoms with van der Waals surface area (Å²) in [4.78, 5) is 30.7. The SMILES string of the molecule is COc1cc2c(cc1OC)N(C(=O)Cc1csc(NC(=O)C(C)C)n1)CC2. The number of thiazole rings is 1. The van der Waals surface area contributed by atoms with E-state index >= 15 is 0 Å². The van der Waals surface area contributed by atoms with Gasteiger partial charge in [-0.2, -0.15) is 0 Å². The van der Waals surface area contributed by atoms with E-state index in [9.17, 15) is 9.59 Å². The summed E-state index contributed by atoms with van der Waals surface area (Å²) in [5, 5.41) is 5.08. The fourth-order valence-electron chi connectivity index (χ4n) is 2.92. The van der Waals surface area contributed by atoms with Gasteiger partial charge in [-0.05, 0) is 18.1 Å². The molecule has 0 saturated heterocycles. The summed E-state index contributed by atoms with van der Waals surface area (Å²) in [6.45, 7) is 4.26. The van der Waals surface area contributed by atoms with Crippen LogP contribution in [0, 0.1) is 5.92 Å². The highest BCUT2D eigenvalue weighted by atomic mass is 32.1. The minimum absolute atomic E-state index is 0.0343. The van der Waals surface area contributed by atoms with Gasteiger partial charge in [-0.1, -0.05) is 13.8 Å². The number of hydrogen-bond acceptors (Lipinski definition) is 6. The van der Waals surface area contributed by atoms with E-state index in [0.29, 0.717) is 28.9 Å². The molecular weight excluding hydrogens is 366 g/mol. The summed E-state index contributed by atoms with van der Waals surface area (Å²) in [5.41, 5.74) is 2.56. The van der Waals surface area contributed by atoms with Crippen molar-refractivity contribution in [2.45, 2.75) is 26.7 Å². The van der Waals surface area contributed by atoms with Crippen molar-refractivity contribution in [2.24, 2.45) is 5.92 Å². The lowest BCUT2D eigenvalue weighted by molar-refractivity contribution is -0.119. The Morgan fingerprint density at radius 1 is 1.26 bits per heavy atom. The molecule has 0 atom stereocenters. The third kappa shape index (κ3) is 4.05. The van der Waals surface area contributed by atoms with Crippen LogP contribution < -0.4 is 19.7 Å². The van der Waals surface area contributed by atoms with Gasteiger partial charge in [0.1, 0.15) is 0 Å². The summed E-state index contributed by atoms with van der Waals surface area (Å²) in [6, 6.07) is 3.76. The molecule has 0 saturated carbocycles. The van der Waals surface area contributed by atoms with Crippen molar-refractivity contribution in [1.29, 1.82) is 0 Å². The minimum Gasteiger partial charge on any atom is -0.493 e. The molecule has 2 aromatic rings. The van der Waals surface area contributed by atoms with Crippen molar-refractivity contribution in [2.75, 3.05) is 31.0 Å². The van der Waals surface area contributed by atoms with E-state index in [4.69, 9.17) is 9.47 Å². The molecule has 27 heavy (non-hydrogen) atoms. The molecule has 0 radical (unpaired) electrons. The normalized spacial score (nSPS) is 12.9. The van der Waals surface area contributed by atoms with Gasteiger partial charge in [-0.3, -0.25) is 9.59 Å². The maximum absolute atomic E-state index is 12.8. The highest BCUT2D eigenvalue weighted by molar-refractivity contribution is 7.13. The quantitative estimate of drug-likeness (QED) is 0.822. The standard InChI is InChI=1S/C19H23N3O4S/c1-11(2)18(24)21-19-20-13(10-27-19)8-17(23)22-6-5-12-7-15(25-3)16(26-4)9-14(12)22/h7,9-11H,5-6,8H2,1-4H3,(H,20,21,24). The van der Waals surface area contributed by atoms with E-state index in [0.717, 1.165) is 17.7 Å². The number of carbonyl (C=O) groups excluding carboxylic acids is 2. The van der Waals surface area contributed by atoms with Gasteiger partial charge in [0.15, 0.2) is 16.6 Å². The zero-order valence-electron chi connectivity index (χ0n) is 15.9. The first-order chi connectivity index (χ1) is 12.9. The Morgan fingerprint density at radius 2 is 1.96 bits per heavy atom. The number of anilines is 2. The predicted octanol–water partition coefficient (Wildman–Crippen LogP) is 2.89. The topological polar surface area (TPSA) is 80.8 Å². The number of carbonyl (C=O) groups is 2. The van der Waals surface area contributed by atoms with Gasteiger partial charge in [0.25, 0.3) is 0 Å².